The smallest absolute Gasteiger partial charge is 0.267 e. The normalized spacial score (nSPS) is 8.81. The van der Waals surface area contributed by atoms with Crippen LogP contribution in [0.5, 0.6) is 0 Å². The molecule has 0 unspecified atom stereocenters. The second-order valence-electron chi connectivity index (χ2n) is 3.00. The first-order valence-corrected chi connectivity index (χ1v) is 4.52. The first-order chi connectivity index (χ1) is 7.65. The fourth-order valence-electron chi connectivity index (χ4n) is 0.915. The van der Waals surface area contributed by atoms with Gasteiger partial charge in [0.15, 0.2) is 0 Å². The summed E-state index contributed by atoms with van der Waals surface area (Å²) in [4.78, 5) is 32.6. The molecule has 1 aromatic rings. The second kappa shape index (κ2) is 5.48. The van der Waals surface area contributed by atoms with E-state index in [1.54, 1.807) is 30.3 Å². The molecule has 5 nitrogen and oxygen atoms in total. The highest BCUT2D eigenvalue weighted by molar-refractivity contribution is 6.02. The fraction of sp³-hybridized carbons (Fsp3) is 0.0909. The van der Waals surface area contributed by atoms with Crippen LogP contribution in [-0.4, -0.2) is 17.8 Å². The van der Waals surface area contributed by atoms with Gasteiger partial charge in [0.1, 0.15) is 5.94 Å². The van der Waals surface area contributed by atoms with Gasteiger partial charge in [-0.15, -0.1) is 0 Å². The van der Waals surface area contributed by atoms with Crippen LogP contribution in [-0.2, 0) is 9.59 Å². The summed E-state index contributed by atoms with van der Waals surface area (Å²) in [5, 5.41) is 0. The van der Waals surface area contributed by atoms with Gasteiger partial charge in [0, 0.05) is 5.56 Å². The van der Waals surface area contributed by atoms with E-state index in [1.807, 2.05) is 0 Å². The summed E-state index contributed by atoms with van der Waals surface area (Å²) < 4.78 is 0. The van der Waals surface area contributed by atoms with Gasteiger partial charge in [-0.2, -0.15) is 0 Å². The van der Waals surface area contributed by atoms with Gasteiger partial charge in [-0.05, 0) is 19.1 Å². The molecule has 82 valence electrons. The Bertz CT molecular complexity index is 448. The van der Waals surface area contributed by atoms with Crippen molar-refractivity contribution in [2.24, 2.45) is 0 Å². The van der Waals surface area contributed by atoms with Crippen molar-refractivity contribution in [2.45, 2.75) is 6.92 Å². The molecule has 0 saturated carbocycles. The summed E-state index contributed by atoms with van der Waals surface area (Å²) in [6.45, 7) is 1.30. The number of hydrazine groups is 1. The average Bonchev–Trinajstić information content (AvgIpc) is 2.35. The van der Waals surface area contributed by atoms with Crippen molar-refractivity contribution in [3.8, 4) is 0 Å². The molecule has 1 rings (SSSR count). The Hall–Kier alpha value is -2.39. The predicted molar refractivity (Wildman–Crippen MR) is 56.9 cm³/mol. The zero-order valence-corrected chi connectivity index (χ0v) is 8.61. The SMILES string of the molecule is CC(=C=O)C(=O)NNC(=O)c1ccccc1. The van der Waals surface area contributed by atoms with E-state index in [4.69, 9.17) is 0 Å². The van der Waals surface area contributed by atoms with E-state index >= 15 is 0 Å². The number of benzene rings is 1. The van der Waals surface area contributed by atoms with Crippen LogP contribution in [0, 0.1) is 0 Å². The van der Waals surface area contributed by atoms with Gasteiger partial charge in [-0.3, -0.25) is 20.4 Å². The Balaban J connectivity index is 2.55. The first kappa shape index (κ1) is 11.7. The Labute approximate surface area is 92.1 Å². The third kappa shape index (κ3) is 3.08. The van der Waals surface area contributed by atoms with E-state index in [0.29, 0.717) is 5.56 Å². The van der Waals surface area contributed by atoms with Gasteiger partial charge in [0.25, 0.3) is 11.8 Å². The molecule has 0 aliphatic carbocycles. The molecule has 16 heavy (non-hydrogen) atoms. The van der Waals surface area contributed by atoms with Gasteiger partial charge < -0.3 is 0 Å². The predicted octanol–water partition coefficient (Wildman–Crippen LogP) is 0.225. The van der Waals surface area contributed by atoms with Crippen molar-refractivity contribution < 1.29 is 14.4 Å². The summed E-state index contributed by atoms with van der Waals surface area (Å²) in [6.07, 6.45) is 0. The number of carbonyl (C=O) groups is 2. The average molecular weight is 218 g/mol. The van der Waals surface area contributed by atoms with Gasteiger partial charge >= 0.3 is 0 Å². The van der Waals surface area contributed by atoms with E-state index < -0.39 is 11.8 Å². The van der Waals surface area contributed by atoms with E-state index in [0.717, 1.165) is 0 Å². The monoisotopic (exact) mass is 218 g/mol. The van der Waals surface area contributed by atoms with Crippen LogP contribution < -0.4 is 10.9 Å². The Morgan fingerprint density at radius 3 is 2.31 bits per heavy atom. The zero-order chi connectivity index (χ0) is 12.0. The molecule has 2 amide bonds. The van der Waals surface area contributed by atoms with Crippen LogP contribution in [0.4, 0.5) is 0 Å². The van der Waals surface area contributed by atoms with Crippen molar-refractivity contribution in [2.75, 3.05) is 0 Å². The largest absolute Gasteiger partial charge is 0.276 e. The van der Waals surface area contributed by atoms with Crippen molar-refractivity contribution in [3.05, 3.63) is 41.5 Å². The number of hydrogen-bond donors (Lipinski definition) is 2. The molecule has 5 heteroatoms. The summed E-state index contributed by atoms with van der Waals surface area (Å²) in [7, 11) is 0. The lowest BCUT2D eigenvalue weighted by molar-refractivity contribution is -0.118. The van der Waals surface area contributed by atoms with Crippen LogP contribution >= 0.6 is 0 Å². The van der Waals surface area contributed by atoms with Gasteiger partial charge in [0.2, 0.25) is 0 Å². The molecule has 0 fully saturated rings. The maximum atomic E-state index is 11.4. The van der Waals surface area contributed by atoms with Crippen LogP contribution in [0.2, 0.25) is 0 Å². The van der Waals surface area contributed by atoms with Gasteiger partial charge in [-0.25, -0.2) is 4.79 Å². The third-order valence-corrected chi connectivity index (χ3v) is 1.82. The third-order valence-electron chi connectivity index (χ3n) is 1.82. The van der Waals surface area contributed by atoms with Crippen LogP contribution in [0.3, 0.4) is 0 Å². The molecule has 0 radical (unpaired) electrons. The Morgan fingerprint density at radius 2 is 1.75 bits per heavy atom. The molecule has 0 saturated heterocycles. The molecular weight excluding hydrogens is 208 g/mol. The lowest BCUT2D eigenvalue weighted by Gasteiger charge is -2.05. The lowest BCUT2D eigenvalue weighted by Crippen LogP contribution is -2.42. The molecule has 0 atom stereocenters. The van der Waals surface area contributed by atoms with Crippen molar-refractivity contribution in [1.82, 2.24) is 10.9 Å². The number of amides is 2. The van der Waals surface area contributed by atoms with Crippen LogP contribution in [0.25, 0.3) is 0 Å². The Morgan fingerprint density at radius 1 is 1.12 bits per heavy atom. The number of rotatable bonds is 2. The highest BCUT2D eigenvalue weighted by Crippen LogP contribution is 1.96. The molecule has 0 bridgehead atoms. The Kier molecular flexibility index (Phi) is 4.00. The fourth-order valence-corrected chi connectivity index (χ4v) is 0.915. The minimum absolute atomic E-state index is 0.131. The zero-order valence-electron chi connectivity index (χ0n) is 8.61. The second-order valence-corrected chi connectivity index (χ2v) is 3.00. The minimum atomic E-state index is -0.681. The maximum Gasteiger partial charge on any atom is 0.276 e. The first-order valence-electron chi connectivity index (χ1n) is 4.52. The molecule has 0 aromatic heterocycles. The van der Waals surface area contributed by atoms with Crippen LogP contribution in [0.1, 0.15) is 17.3 Å². The molecule has 0 spiro atoms. The molecule has 0 heterocycles. The van der Waals surface area contributed by atoms with Crippen molar-refractivity contribution >= 4 is 17.8 Å². The number of hydrogen-bond acceptors (Lipinski definition) is 3. The molecule has 1 aromatic carbocycles. The topological polar surface area (TPSA) is 75.3 Å². The number of nitrogens with one attached hydrogen (secondary N) is 2. The summed E-state index contributed by atoms with van der Waals surface area (Å²) in [5.74, 6) is 0.299. The van der Waals surface area contributed by atoms with E-state index in [-0.39, 0.29) is 5.57 Å². The summed E-state index contributed by atoms with van der Waals surface area (Å²) in [6, 6.07) is 8.38. The minimum Gasteiger partial charge on any atom is -0.267 e. The maximum absolute atomic E-state index is 11.4. The highest BCUT2D eigenvalue weighted by atomic mass is 16.2. The van der Waals surface area contributed by atoms with E-state index in [1.165, 1.54) is 12.9 Å². The molecule has 2 N–H and O–H groups in total. The highest BCUT2D eigenvalue weighted by Gasteiger charge is 2.07. The standard InChI is InChI=1S/C11H10N2O3/c1-8(7-14)10(15)12-13-11(16)9-5-3-2-4-6-9/h2-6H,1H3,(H,12,15)(H,13,16). The quantitative estimate of drug-likeness (QED) is 0.423. The summed E-state index contributed by atoms with van der Waals surface area (Å²) >= 11 is 0. The summed E-state index contributed by atoms with van der Waals surface area (Å²) in [5.41, 5.74) is 4.55. The molecule has 0 aliphatic heterocycles. The van der Waals surface area contributed by atoms with E-state index in [9.17, 15) is 14.4 Å². The van der Waals surface area contributed by atoms with E-state index in [2.05, 4.69) is 10.9 Å². The van der Waals surface area contributed by atoms with Crippen molar-refractivity contribution in [3.63, 3.8) is 0 Å². The van der Waals surface area contributed by atoms with Gasteiger partial charge in [-0.1, -0.05) is 18.2 Å². The van der Waals surface area contributed by atoms with Crippen LogP contribution in [0.15, 0.2) is 35.9 Å². The molecular formula is C11H10N2O3. The lowest BCUT2D eigenvalue weighted by atomic mass is 10.2. The van der Waals surface area contributed by atoms with Gasteiger partial charge in [0.05, 0.1) is 5.57 Å². The molecule has 0 aliphatic rings. The van der Waals surface area contributed by atoms with Crippen molar-refractivity contribution in [1.29, 1.82) is 0 Å². The number of carbonyl (C=O) groups excluding carboxylic acids is 3.